The van der Waals surface area contributed by atoms with Gasteiger partial charge in [0, 0.05) is 19.3 Å². The molecule has 0 atom stereocenters. The van der Waals surface area contributed by atoms with E-state index in [4.69, 9.17) is 9.47 Å². The maximum Gasteiger partial charge on any atom is 0.255 e. The molecule has 0 saturated carbocycles. The number of ether oxygens (including phenoxy) is 2. The number of hydrogen-bond donors (Lipinski definition) is 0. The maximum atomic E-state index is 12.7. The van der Waals surface area contributed by atoms with Gasteiger partial charge in [0.2, 0.25) is 5.91 Å². The van der Waals surface area contributed by atoms with Gasteiger partial charge < -0.3 is 14.4 Å². The normalized spacial score (nSPS) is 11.0. The first kappa shape index (κ1) is 21.1. The zero-order chi connectivity index (χ0) is 19.8. The molecule has 10 heteroatoms. The molecule has 1 aromatic carbocycles. The lowest BCUT2D eigenvalue weighted by Crippen LogP contribution is -2.38. The van der Waals surface area contributed by atoms with Gasteiger partial charge in [-0.05, 0) is 31.2 Å². The minimum atomic E-state index is -2.60. The Morgan fingerprint density at radius 1 is 1.26 bits per heavy atom. The fourth-order valence-corrected chi connectivity index (χ4v) is 3.27. The van der Waals surface area contributed by atoms with E-state index < -0.39 is 18.9 Å². The van der Waals surface area contributed by atoms with Crippen LogP contribution in [0.3, 0.4) is 0 Å². The topological polar surface area (TPSA) is 69.5 Å². The summed E-state index contributed by atoms with van der Waals surface area (Å²) < 4.78 is 37.2. The fraction of sp³-hybridized carbons (Fsp3) is 0.471. The molecule has 0 aliphatic carbocycles. The first-order chi connectivity index (χ1) is 13.0. The van der Waals surface area contributed by atoms with Crippen molar-refractivity contribution in [3.63, 3.8) is 0 Å². The van der Waals surface area contributed by atoms with Crippen molar-refractivity contribution in [2.24, 2.45) is 0 Å². The van der Waals surface area contributed by atoms with Gasteiger partial charge in [-0.1, -0.05) is 11.8 Å². The van der Waals surface area contributed by atoms with Gasteiger partial charge in [0.1, 0.15) is 11.6 Å². The van der Waals surface area contributed by atoms with Crippen LogP contribution in [0.2, 0.25) is 0 Å². The second-order valence-corrected chi connectivity index (χ2v) is 6.52. The number of benzene rings is 1. The SMILES string of the molecule is COCCN(CC(F)F)C(=O)CSc1nnc(C)n1-c1ccc(OC)cc1. The lowest BCUT2D eigenvalue weighted by atomic mass is 10.3. The van der Waals surface area contributed by atoms with E-state index in [0.29, 0.717) is 11.0 Å². The summed E-state index contributed by atoms with van der Waals surface area (Å²) in [6.45, 7) is 1.49. The number of aryl methyl sites for hydroxylation is 1. The molecule has 2 rings (SSSR count). The predicted molar refractivity (Wildman–Crippen MR) is 97.8 cm³/mol. The Hall–Kier alpha value is -2.20. The molecule has 0 fully saturated rings. The third-order valence-corrected chi connectivity index (χ3v) is 4.64. The molecule has 0 aliphatic rings. The number of rotatable bonds is 10. The Balaban J connectivity index is 2.09. The van der Waals surface area contributed by atoms with E-state index in [1.807, 2.05) is 24.3 Å². The molecule has 1 amide bonds. The van der Waals surface area contributed by atoms with Crippen LogP contribution >= 0.6 is 11.8 Å². The van der Waals surface area contributed by atoms with E-state index in [1.165, 1.54) is 7.11 Å². The number of methoxy groups -OCH3 is 2. The van der Waals surface area contributed by atoms with Crippen molar-refractivity contribution in [3.05, 3.63) is 30.1 Å². The van der Waals surface area contributed by atoms with Gasteiger partial charge in [-0.15, -0.1) is 10.2 Å². The van der Waals surface area contributed by atoms with E-state index in [2.05, 4.69) is 10.2 Å². The highest BCUT2D eigenvalue weighted by Crippen LogP contribution is 2.23. The van der Waals surface area contributed by atoms with E-state index in [9.17, 15) is 13.6 Å². The molecular formula is C17H22F2N4O3S. The number of carbonyl (C=O) groups excluding carboxylic acids is 1. The molecule has 0 unspecified atom stereocenters. The molecule has 0 radical (unpaired) electrons. The van der Waals surface area contributed by atoms with Crippen LogP contribution in [-0.4, -0.2) is 71.7 Å². The minimum Gasteiger partial charge on any atom is -0.497 e. The lowest BCUT2D eigenvalue weighted by molar-refractivity contribution is -0.131. The number of amides is 1. The minimum absolute atomic E-state index is 0.0231. The van der Waals surface area contributed by atoms with Crippen LogP contribution in [0.15, 0.2) is 29.4 Å². The molecule has 7 nitrogen and oxygen atoms in total. The molecule has 0 saturated heterocycles. The first-order valence-corrected chi connectivity index (χ1v) is 9.19. The predicted octanol–water partition coefficient (Wildman–Crippen LogP) is 2.42. The molecule has 1 heterocycles. The molecule has 148 valence electrons. The first-order valence-electron chi connectivity index (χ1n) is 8.20. The van der Waals surface area contributed by atoms with Gasteiger partial charge >= 0.3 is 0 Å². The van der Waals surface area contributed by atoms with Crippen LogP contribution < -0.4 is 4.74 Å². The van der Waals surface area contributed by atoms with Crippen molar-refractivity contribution in [1.82, 2.24) is 19.7 Å². The number of nitrogens with zero attached hydrogens (tertiary/aromatic N) is 4. The summed E-state index contributed by atoms with van der Waals surface area (Å²) >= 11 is 1.15. The fourth-order valence-electron chi connectivity index (χ4n) is 2.37. The van der Waals surface area contributed by atoms with Crippen LogP contribution in [-0.2, 0) is 9.53 Å². The van der Waals surface area contributed by atoms with Gasteiger partial charge in [-0.2, -0.15) is 0 Å². The van der Waals surface area contributed by atoms with Gasteiger partial charge in [-0.3, -0.25) is 9.36 Å². The Morgan fingerprint density at radius 2 is 1.96 bits per heavy atom. The smallest absolute Gasteiger partial charge is 0.255 e. The van der Waals surface area contributed by atoms with Crippen LogP contribution in [0.25, 0.3) is 5.69 Å². The quantitative estimate of drug-likeness (QED) is 0.571. The van der Waals surface area contributed by atoms with Gasteiger partial charge in [0.05, 0.1) is 26.0 Å². The number of aromatic nitrogens is 3. The summed E-state index contributed by atoms with van der Waals surface area (Å²) in [7, 11) is 3.04. The molecule has 0 bridgehead atoms. The third kappa shape index (κ3) is 5.90. The average Bonchev–Trinajstić information content (AvgIpc) is 3.03. The summed E-state index contributed by atoms with van der Waals surface area (Å²) in [5, 5.41) is 8.65. The monoisotopic (exact) mass is 400 g/mol. The zero-order valence-electron chi connectivity index (χ0n) is 15.4. The molecule has 27 heavy (non-hydrogen) atoms. The summed E-state index contributed by atoms with van der Waals surface area (Å²) in [5.74, 6) is 0.943. The Kier molecular flexibility index (Phi) is 7.99. The maximum absolute atomic E-state index is 12.7. The highest BCUT2D eigenvalue weighted by molar-refractivity contribution is 7.99. The van der Waals surface area contributed by atoms with E-state index in [0.717, 1.165) is 28.1 Å². The second kappa shape index (κ2) is 10.2. The molecule has 1 aromatic heterocycles. The van der Waals surface area contributed by atoms with Crippen LogP contribution in [0, 0.1) is 6.92 Å². The molecule has 0 N–H and O–H groups in total. The number of thioether (sulfide) groups is 1. The van der Waals surface area contributed by atoms with Crippen LogP contribution in [0.1, 0.15) is 5.82 Å². The Morgan fingerprint density at radius 3 is 2.56 bits per heavy atom. The highest BCUT2D eigenvalue weighted by atomic mass is 32.2. The summed E-state index contributed by atoms with van der Waals surface area (Å²) in [6, 6.07) is 7.32. The van der Waals surface area contributed by atoms with E-state index in [-0.39, 0.29) is 18.9 Å². The lowest BCUT2D eigenvalue weighted by Gasteiger charge is -2.21. The second-order valence-electron chi connectivity index (χ2n) is 5.58. The summed E-state index contributed by atoms with van der Waals surface area (Å²) in [4.78, 5) is 13.4. The number of hydrogen-bond acceptors (Lipinski definition) is 6. The largest absolute Gasteiger partial charge is 0.497 e. The van der Waals surface area contributed by atoms with Crippen molar-refractivity contribution >= 4 is 17.7 Å². The Bertz CT molecular complexity index is 740. The van der Waals surface area contributed by atoms with Crippen LogP contribution in [0.4, 0.5) is 8.78 Å². The van der Waals surface area contributed by atoms with Gasteiger partial charge in [-0.25, -0.2) is 8.78 Å². The van der Waals surface area contributed by atoms with Gasteiger partial charge in [0.25, 0.3) is 6.43 Å². The van der Waals surface area contributed by atoms with Gasteiger partial charge in [0.15, 0.2) is 5.16 Å². The highest BCUT2D eigenvalue weighted by Gasteiger charge is 2.20. The molecule has 2 aromatic rings. The van der Waals surface area contributed by atoms with Crippen molar-refractivity contribution in [2.45, 2.75) is 18.5 Å². The molecular weight excluding hydrogens is 378 g/mol. The number of carbonyl (C=O) groups is 1. The number of halogens is 2. The van der Waals surface area contributed by atoms with E-state index in [1.54, 1.807) is 18.6 Å². The number of alkyl halides is 2. The zero-order valence-corrected chi connectivity index (χ0v) is 16.2. The molecule has 0 spiro atoms. The van der Waals surface area contributed by atoms with Crippen molar-refractivity contribution < 1.29 is 23.0 Å². The van der Waals surface area contributed by atoms with Crippen molar-refractivity contribution in [3.8, 4) is 11.4 Å². The summed E-state index contributed by atoms with van der Waals surface area (Å²) in [6.07, 6.45) is -2.60. The van der Waals surface area contributed by atoms with E-state index >= 15 is 0 Å². The van der Waals surface area contributed by atoms with Crippen LogP contribution in [0.5, 0.6) is 5.75 Å². The van der Waals surface area contributed by atoms with Crippen molar-refractivity contribution in [2.75, 3.05) is 39.7 Å². The third-order valence-electron chi connectivity index (χ3n) is 3.73. The van der Waals surface area contributed by atoms with Crippen molar-refractivity contribution in [1.29, 1.82) is 0 Å². The average molecular weight is 400 g/mol. The molecule has 0 aliphatic heterocycles. The Labute approximate surface area is 160 Å². The standard InChI is InChI=1S/C17H22F2N4O3S/c1-12-20-21-17(23(12)13-4-6-14(26-3)7-5-13)27-11-16(24)22(8-9-25-2)10-15(18)19/h4-7,15H,8-11H2,1-3H3. The summed E-state index contributed by atoms with van der Waals surface area (Å²) in [5.41, 5.74) is 0.817.